The molecule has 0 saturated carbocycles. The zero-order valence-electron chi connectivity index (χ0n) is 13.6. The highest BCUT2D eigenvalue weighted by molar-refractivity contribution is 5.99. The number of hydrogen-bond acceptors (Lipinski definition) is 4. The Balaban J connectivity index is 2.28. The van der Waals surface area contributed by atoms with Crippen LogP contribution in [0.1, 0.15) is 48.5 Å². The number of nitrogens with zero attached hydrogens (tertiary/aromatic N) is 1. The molecule has 0 spiro atoms. The Bertz CT molecular complexity index is 669. The first-order valence-electron chi connectivity index (χ1n) is 7.81. The van der Waals surface area contributed by atoms with Gasteiger partial charge in [0.1, 0.15) is 11.8 Å². The summed E-state index contributed by atoms with van der Waals surface area (Å²) < 4.78 is 0. The lowest BCUT2D eigenvalue weighted by Gasteiger charge is -2.35. The molecular formula is C17H21NO6. The molecule has 1 heterocycles. The predicted molar refractivity (Wildman–Crippen MR) is 85.0 cm³/mol. The van der Waals surface area contributed by atoms with E-state index < -0.39 is 29.8 Å². The summed E-state index contributed by atoms with van der Waals surface area (Å²) in [6, 6.07) is 3.49. The van der Waals surface area contributed by atoms with E-state index in [0.717, 1.165) is 10.5 Å². The SMILES string of the molecule is CC(C)c1ccc(C(=O)N2CCC(C(=O)O)CC2C(=O)O)c(O)c1. The smallest absolute Gasteiger partial charge is 0.326 e. The Morgan fingerprint density at radius 3 is 2.33 bits per heavy atom. The summed E-state index contributed by atoms with van der Waals surface area (Å²) in [4.78, 5) is 36.3. The second kappa shape index (κ2) is 6.90. The van der Waals surface area contributed by atoms with Gasteiger partial charge in [0, 0.05) is 6.54 Å². The van der Waals surface area contributed by atoms with Crippen LogP contribution in [0, 0.1) is 5.92 Å². The third-order valence-electron chi connectivity index (χ3n) is 4.42. The zero-order chi connectivity index (χ0) is 18.0. The number of benzene rings is 1. The number of piperidine rings is 1. The number of carbonyl (C=O) groups is 3. The maximum absolute atomic E-state index is 12.6. The fourth-order valence-corrected chi connectivity index (χ4v) is 2.91. The third-order valence-corrected chi connectivity index (χ3v) is 4.42. The number of aliphatic carboxylic acids is 2. The molecule has 1 aromatic rings. The van der Waals surface area contributed by atoms with Crippen LogP contribution in [0.25, 0.3) is 0 Å². The monoisotopic (exact) mass is 335 g/mol. The van der Waals surface area contributed by atoms with Crippen molar-refractivity contribution in [3.63, 3.8) is 0 Å². The zero-order valence-corrected chi connectivity index (χ0v) is 13.6. The highest BCUT2D eigenvalue weighted by Crippen LogP contribution is 2.29. The van der Waals surface area contributed by atoms with E-state index in [2.05, 4.69) is 0 Å². The summed E-state index contributed by atoms with van der Waals surface area (Å²) in [5.74, 6) is -3.70. The van der Waals surface area contributed by atoms with Crippen molar-refractivity contribution >= 4 is 17.8 Å². The highest BCUT2D eigenvalue weighted by Gasteiger charge is 2.39. The van der Waals surface area contributed by atoms with Gasteiger partial charge in [-0.2, -0.15) is 0 Å². The van der Waals surface area contributed by atoms with Crippen molar-refractivity contribution in [2.24, 2.45) is 5.92 Å². The molecule has 1 aliphatic heterocycles. The van der Waals surface area contributed by atoms with Crippen LogP contribution >= 0.6 is 0 Å². The number of phenols is 1. The van der Waals surface area contributed by atoms with Crippen molar-refractivity contribution in [2.75, 3.05) is 6.54 Å². The van der Waals surface area contributed by atoms with E-state index in [9.17, 15) is 24.6 Å². The van der Waals surface area contributed by atoms with Crippen molar-refractivity contribution in [3.8, 4) is 5.75 Å². The second-order valence-electron chi connectivity index (χ2n) is 6.34. The Kier molecular flexibility index (Phi) is 5.11. The molecule has 1 aromatic carbocycles. The van der Waals surface area contributed by atoms with Crippen molar-refractivity contribution in [1.29, 1.82) is 0 Å². The quantitative estimate of drug-likeness (QED) is 0.774. The molecule has 0 aromatic heterocycles. The minimum Gasteiger partial charge on any atom is -0.507 e. The largest absolute Gasteiger partial charge is 0.507 e. The lowest BCUT2D eigenvalue weighted by atomic mass is 9.90. The van der Waals surface area contributed by atoms with Gasteiger partial charge in [0.15, 0.2) is 0 Å². The van der Waals surface area contributed by atoms with Crippen LogP contribution in [0.15, 0.2) is 18.2 Å². The van der Waals surface area contributed by atoms with Gasteiger partial charge in [0.05, 0.1) is 11.5 Å². The lowest BCUT2D eigenvalue weighted by molar-refractivity contribution is -0.149. The Labute approximate surface area is 139 Å². The van der Waals surface area contributed by atoms with Gasteiger partial charge >= 0.3 is 11.9 Å². The lowest BCUT2D eigenvalue weighted by Crippen LogP contribution is -2.51. The minimum atomic E-state index is -1.24. The van der Waals surface area contributed by atoms with Gasteiger partial charge in [0.25, 0.3) is 5.91 Å². The predicted octanol–water partition coefficient (Wildman–Crippen LogP) is 1.91. The summed E-state index contributed by atoms with van der Waals surface area (Å²) in [6.45, 7) is 3.93. The Hall–Kier alpha value is -2.57. The molecule has 1 aliphatic rings. The highest BCUT2D eigenvalue weighted by atomic mass is 16.4. The molecule has 1 amide bonds. The number of amides is 1. The molecule has 7 nitrogen and oxygen atoms in total. The summed E-state index contributed by atoms with van der Waals surface area (Å²) in [5, 5.41) is 28.5. The second-order valence-corrected chi connectivity index (χ2v) is 6.34. The van der Waals surface area contributed by atoms with Gasteiger partial charge in [-0.1, -0.05) is 19.9 Å². The van der Waals surface area contributed by atoms with Crippen molar-refractivity contribution < 1.29 is 29.7 Å². The first-order valence-corrected chi connectivity index (χ1v) is 7.81. The number of aromatic hydroxyl groups is 1. The summed E-state index contributed by atoms with van der Waals surface area (Å²) >= 11 is 0. The van der Waals surface area contributed by atoms with E-state index in [-0.39, 0.29) is 36.6 Å². The van der Waals surface area contributed by atoms with E-state index in [1.165, 1.54) is 12.1 Å². The third kappa shape index (κ3) is 3.50. The van der Waals surface area contributed by atoms with E-state index >= 15 is 0 Å². The first kappa shape index (κ1) is 17.8. The van der Waals surface area contributed by atoms with E-state index in [1.807, 2.05) is 13.8 Å². The van der Waals surface area contributed by atoms with Crippen LogP contribution in [-0.4, -0.2) is 50.7 Å². The van der Waals surface area contributed by atoms with Crippen molar-refractivity contribution in [1.82, 2.24) is 4.90 Å². The van der Waals surface area contributed by atoms with Crippen LogP contribution in [0.4, 0.5) is 0 Å². The summed E-state index contributed by atoms with van der Waals surface area (Å²) in [6.07, 6.45) is 0.0525. The number of carboxylic acids is 2. The van der Waals surface area contributed by atoms with Crippen LogP contribution in [0.2, 0.25) is 0 Å². The molecule has 1 saturated heterocycles. The van der Waals surface area contributed by atoms with E-state index in [0.29, 0.717) is 0 Å². The number of carbonyl (C=O) groups excluding carboxylic acids is 1. The molecular weight excluding hydrogens is 314 g/mol. The first-order chi connectivity index (χ1) is 11.2. The number of phenolic OH excluding ortho intramolecular Hbond substituents is 1. The van der Waals surface area contributed by atoms with E-state index in [1.54, 1.807) is 6.07 Å². The number of likely N-dealkylation sites (tertiary alicyclic amines) is 1. The number of carboxylic acid groups (broad SMARTS) is 2. The molecule has 0 radical (unpaired) electrons. The fraction of sp³-hybridized carbons (Fsp3) is 0.471. The average molecular weight is 335 g/mol. The molecule has 130 valence electrons. The summed E-state index contributed by atoms with van der Waals surface area (Å²) in [5.41, 5.74) is 0.892. The molecule has 7 heteroatoms. The van der Waals surface area contributed by atoms with Crippen LogP contribution in [0.5, 0.6) is 5.75 Å². The standard InChI is InChI=1S/C17H21NO6/c1-9(2)10-3-4-12(14(19)8-10)15(20)18-6-5-11(16(21)22)7-13(18)17(23)24/h3-4,8-9,11,13,19H,5-7H2,1-2H3,(H,21,22)(H,23,24). The van der Waals surface area contributed by atoms with Crippen LogP contribution in [0.3, 0.4) is 0 Å². The molecule has 2 atom stereocenters. The van der Waals surface area contributed by atoms with Gasteiger partial charge in [-0.3, -0.25) is 9.59 Å². The molecule has 0 bridgehead atoms. The molecule has 24 heavy (non-hydrogen) atoms. The molecule has 3 N–H and O–H groups in total. The maximum atomic E-state index is 12.6. The number of hydrogen-bond donors (Lipinski definition) is 3. The van der Waals surface area contributed by atoms with Crippen molar-refractivity contribution in [2.45, 2.75) is 38.6 Å². The number of rotatable bonds is 4. The molecule has 2 rings (SSSR count). The minimum absolute atomic E-state index is 0.0259. The molecule has 2 unspecified atom stereocenters. The molecule has 1 fully saturated rings. The Morgan fingerprint density at radius 2 is 1.83 bits per heavy atom. The van der Waals surface area contributed by atoms with Gasteiger partial charge in [-0.15, -0.1) is 0 Å². The molecule has 0 aliphatic carbocycles. The van der Waals surface area contributed by atoms with Gasteiger partial charge < -0.3 is 20.2 Å². The van der Waals surface area contributed by atoms with Gasteiger partial charge in [-0.05, 0) is 36.5 Å². The summed E-state index contributed by atoms with van der Waals surface area (Å²) in [7, 11) is 0. The van der Waals surface area contributed by atoms with Gasteiger partial charge in [-0.25, -0.2) is 4.79 Å². The van der Waals surface area contributed by atoms with E-state index in [4.69, 9.17) is 5.11 Å². The van der Waals surface area contributed by atoms with Crippen molar-refractivity contribution in [3.05, 3.63) is 29.3 Å². The van der Waals surface area contributed by atoms with Crippen LogP contribution < -0.4 is 0 Å². The fourth-order valence-electron chi connectivity index (χ4n) is 2.91. The normalized spacial score (nSPS) is 20.9. The Morgan fingerprint density at radius 1 is 1.17 bits per heavy atom. The topological polar surface area (TPSA) is 115 Å². The van der Waals surface area contributed by atoms with Crippen LogP contribution in [-0.2, 0) is 9.59 Å². The van der Waals surface area contributed by atoms with Gasteiger partial charge in [0.2, 0.25) is 0 Å². The average Bonchev–Trinajstić information content (AvgIpc) is 2.53. The maximum Gasteiger partial charge on any atom is 0.326 e.